The van der Waals surface area contributed by atoms with Crippen molar-refractivity contribution < 1.29 is 13.2 Å². The molecule has 0 amide bonds. The molecule has 1 aromatic carbocycles. The van der Waals surface area contributed by atoms with E-state index in [9.17, 15) is 13.2 Å². The van der Waals surface area contributed by atoms with Crippen LogP contribution < -0.4 is 9.80 Å². The lowest BCUT2D eigenvalue weighted by Gasteiger charge is -2.35. The second-order valence-electron chi connectivity index (χ2n) is 6.92. The summed E-state index contributed by atoms with van der Waals surface area (Å²) >= 11 is 3.39. The zero-order valence-corrected chi connectivity index (χ0v) is 17.3. The fraction of sp³-hybridized carbons (Fsp3) is 0.300. The summed E-state index contributed by atoms with van der Waals surface area (Å²) < 4.78 is 41.8. The molecule has 0 unspecified atom stereocenters. The van der Waals surface area contributed by atoms with Gasteiger partial charge in [0.25, 0.3) is 0 Å². The number of benzene rings is 1. The summed E-state index contributed by atoms with van der Waals surface area (Å²) in [5.41, 5.74) is 0.322. The van der Waals surface area contributed by atoms with Gasteiger partial charge in [-0.2, -0.15) is 13.2 Å². The van der Waals surface area contributed by atoms with Gasteiger partial charge >= 0.3 is 6.18 Å². The Hall–Kier alpha value is -2.55. The number of imidazole rings is 1. The molecule has 4 rings (SSSR count). The summed E-state index contributed by atoms with van der Waals surface area (Å²) in [6.07, 6.45) is -0.819. The van der Waals surface area contributed by atoms with E-state index in [2.05, 4.69) is 35.7 Å². The molecule has 1 aliphatic heterocycles. The highest BCUT2D eigenvalue weighted by Gasteiger charge is 2.30. The summed E-state index contributed by atoms with van der Waals surface area (Å²) in [6, 6.07) is 9.22. The van der Waals surface area contributed by atoms with Crippen molar-refractivity contribution in [1.82, 2.24) is 14.5 Å². The van der Waals surface area contributed by atoms with Crippen molar-refractivity contribution in [2.45, 2.75) is 6.18 Å². The van der Waals surface area contributed by atoms with E-state index >= 15 is 0 Å². The predicted octanol–water partition coefficient (Wildman–Crippen LogP) is 4.59. The number of aromatic nitrogens is 3. The van der Waals surface area contributed by atoms with Crippen LogP contribution in [-0.4, -0.2) is 40.7 Å². The van der Waals surface area contributed by atoms with Crippen LogP contribution in [0.15, 0.2) is 53.3 Å². The monoisotopic (exact) mass is 465 g/mol. The normalized spacial score (nSPS) is 15.1. The predicted molar refractivity (Wildman–Crippen MR) is 110 cm³/mol. The average Bonchev–Trinajstić information content (AvgIpc) is 3.10. The highest BCUT2D eigenvalue weighted by Crippen LogP contribution is 2.32. The molecule has 0 N–H and O–H groups in total. The molecule has 0 bridgehead atoms. The lowest BCUT2D eigenvalue weighted by Crippen LogP contribution is -2.47. The minimum atomic E-state index is -4.37. The molecule has 5 nitrogen and oxygen atoms in total. The summed E-state index contributed by atoms with van der Waals surface area (Å²) in [4.78, 5) is 13.4. The van der Waals surface area contributed by atoms with E-state index in [0.717, 1.165) is 54.6 Å². The molecule has 29 heavy (non-hydrogen) atoms. The number of hydrogen-bond donors (Lipinski definition) is 0. The van der Waals surface area contributed by atoms with Crippen LogP contribution in [0.2, 0.25) is 0 Å². The number of nitrogens with zero attached hydrogens (tertiary/aromatic N) is 5. The third-order valence-electron chi connectivity index (χ3n) is 4.94. The number of alkyl halides is 3. The quantitative estimate of drug-likeness (QED) is 0.566. The number of rotatable bonds is 3. The summed E-state index contributed by atoms with van der Waals surface area (Å²) in [5.74, 6) is 1.68. The molecule has 0 aliphatic carbocycles. The van der Waals surface area contributed by atoms with Gasteiger partial charge < -0.3 is 14.4 Å². The van der Waals surface area contributed by atoms with Crippen molar-refractivity contribution in [3.8, 4) is 11.3 Å². The Balaban J connectivity index is 1.50. The molecule has 1 aliphatic rings. The van der Waals surface area contributed by atoms with Crippen LogP contribution in [-0.2, 0) is 13.2 Å². The number of halogens is 4. The van der Waals surface area contributed by atoms with Crippen molar-refractivity contribution >= 4 is 27.7 Å². The molecule has 0 atom stereocenters. The van der Waals surface area contributed by atoms with Crippen molar-refractivity contribution in [2.75, 3.05) is 36.0 Å². The number of aryl methyl sites for hydroxylation is 1. The van der Waals surface area contributed by atoms with Crippen LogP contribution in [0.1, 0.15) is 5.56 Å². The Bertz CT molecular complexity index is 992. The van der Waals surface area contributed by atoms with Crippen LogP contribution in [0.4, 0.5) is 24.9 Å². The van der Waals surface area contributed by atoms with E-state index in [1.54, 1.807) is 18.5 Å². The summed E-state index contributed by atoms with van der Waals surface area (Å²) in [5, 5.41) is 0. The first-order valence-corrected chi connectivity index (χ1v) is 9.93. The molecular weight excluding hydrogens is 447 g/mol. The largest absolute Gasteiger partial charge is 0.416 e. The average molecular weight is 466 g/mol. The van der Waals surface area contributed by atoms with Gasteiger partial charge in [-0.25, -0.2) is 9.97 Å². The fourth-order valence-corrected chi connectivity index (χ4v) is 3.67. The van der Waals surface area contributed by atoms with Gasteiger partial charge in [-0.05, 0) is 40.2 Å². The fourth-order valence-electron chi connectivity index (χ4n) is 3.43. The van der Waals surface area contributed by atoms with Gasteiger partial charge in [0.15, 0.2) is 0 Å². The van der Waals surface area contributed by atoms with Crippen molar-refractivity contribution in [1.29, 1.82) is 0 Å². The van der Waals surface area contributed by atoms with Crippen LogP contribution in [0, 0.1) is 0 Å². The molecule has 0 spiro atoms. The third kappa shape index (κ3) is 4.24. The number of hydrogen-bond acceptors (Lipinski definition) is 4. The number of anilines is 2. The first-order chi connectivity index (χ1) is 13.8. The van der Waals surface area contributed by atoms with E-state index in [-0.39, 0.29) is 0 Å². The topological polar surface area (TPSA) is 37.2 Å². The SMILES string of the molecule is Cn1cc(-c2cccc(C(F)(F)F)c2)nc1N1CCN(c2ccc(Br)cn2)CC1. The third-order valence-corrected chi connectivity index (χ3v) is 5.40. The lowest BCUT2D eigenvalue weighted by atomic mass is 10.1. The molecule has 3 heterocycles. The first-order valence-electron chi connectivity index (χ1n) is 9.14. The smallest absolute Gasteiger partial charge is 0.353 e. The Morgan fingerprint density at radius 1 is 1.00 bits per heavy atom. The van der Waals surface area contributed by atoms with Gasteiger partial charge in [0, 0.05) is 55.7 Å². The second kappa shape index (κ2) is 7.70. The van der Waals surface area contributed by atoms with Crippen LogP contribution >= 0.6 is 15.9 Å². The molecule has 9 heteroatoms. The maximum atomic E-state index is 13.0. The zero-order chi connectivity index (χ0) is 20.6. The Morgan fingerprint density at radius 2 is 1.72 bits per heavy atom. The molecule has 3 aromatic rings. The minimum absolute atomic E-state index is 0.458. The summed E-state index contributed by atoms with van der Waals surface area (Å²) in [7, 11) is 1.86. The Morgan fingerprint density at radius 3 is 2.38 bits per heavy atom. The summed E-state index contributed by atoms with van der Waals surface area (Å²) in [6.45, 7) is 3.09. The Kier molecular flexibility index (Phi) is 5.24. The molecule has 152 valence electrons. The van der Waals surface area contributed by atoms with E-state index in [1.165, 1.54) is 6.07 Å². The minimum Gasteiger partial charge on any atom is -0.353 e. The van der Waals surface area contributed by atoms with Gasteiger partial charge in [-0.1, -0.05) is 12.1 Å². The second-order valence-corrected chi connectivity index (χ2v) is 7.84. The van der Waals surface area contributed by atoms with Crippen molar-refractivity contribution in [2.24, 2.45) is 7.05 Å². The molecule has 2 aromatic heterocycles. The van der Waals surface area contributed by atoms with E-state index in [4.69, 9.17) is 0 Å². The molecule has 1 saturated heterocycles. The highest BCUT2D eigenvalue weighted by atomic mass is 79.9. The maximum absolute atomic E-state index is 13.0. The van der Waals surface area contributed by atoms with Crippen molar-refractivity contribution in [3.05, 3.63) is 58.8 Å². The van der Waals surface area contributed by atoms with Crippen LogP contribution in [0.5, 0.6) is 0 Å². The first kappa shape index (κ1) is 19.8. The standard InChI is InChI=1S/C20H19BrF3N5/c1-27-13-17(14-3-2-4-15(11-14)20(22,23)24)26-19(27)29-9-7-28(8-10-29)18-6-5-16(21)12-25-18/h2-6,11-13H,7-10H2,1H3. The van der Waals surface area contributed by atoms with E-state index in [0.29, 0.717) is 11.3 Å². The highest BCUT2D eigenvalue weighted by molar-refractivity contribution is 9.10. The van der Waals surface area contributed by atoms with Crippen molar-refractivity contribution in [3.63, 3.8) is 0 Å². The molecule has 1 fully saturated rings. The van der Waals surface area contributed by atoms with Gasteiger partial charge in [0.1, 0.15) is 5.82 Å². The maximum Gasteiger partial charge on any atom is 0.416 e. The molecule has 0 saturated carbocycles. The van der Waals surface area contributed by atoms with Crippen LogP contribution in [0.3, 0.4) is 0 Å². The lowest BCUT2D eigenvalue weighted by molar-refractivity contribution is -0.137. The number of piperazine rings is 1. The van der Waals surface area contributed by atoms with Crippen LogP contribution in [0.25, 0.3) is 11.3 Å². The molecule has 0 radical (unpaired) electrons. The van der Waals surface area contributed by atoms with E-state index < -0.39 is 11.7 Å². The number of pyridine rings is 1. The van der Waals surface area contributed by atoms with Gasteiger partial charge in [0.05, 0.1) is 11.3 Å². The zero-order valence-electron chi connectivity index (χ0n) is 15.7. The Labute approximate surface area is 174 Å². The molecular formula is C20H19BrF3N5. The van der Waals surface area contributed by atoms with E-state index in [1.807, 2.05) is 23.7 Å². The van der Waals surface area contributed by atoms with Gasteiger partial charge in [-0.3, -0.25) is 0 Å². The van der Waals surface area contributed by atoms with Gasteiger partial charge in [-0.15, -0.1) is 0 Å². The van der Waals surface area contributed by atoms with Gasteiger partial charge in [0.2, 0.25) is 5.95 Å².